The van der Waals surface area contributed by atoms with Gasteiger partial charge in [-0.25, -0.2) is 0 Å². The molecule has 19 heavy (non-hydrogen) atoms. The molecule has 0 amide bonds. The van der Waals surface area contributed by atoms with Crippen LogP contribution in [0.1, 0.15) is 30.9 Å². The highest BCUT2D eigenvalue weighted by Gasteiger charge is 2.26. The van der Waals surface area contributed by atoms with E-state index in [1.807, 2.05) is 12.1 Å². The Morgan fingerprint density at radius 2 is 1.84 bits per heavy atom. The van der Waals surface area contributed by atoms with E-state index >= 15 is 0 Å². The minimum absolute atomic E-state index is 0.0904. The Hall–Kier alpha value is -0.780. The van der Waals surface area contributed by atoms with Gasteiger partial charge >= 0.3 is 0 Å². The number of hydrogen-bond acceptors (Lipinski definition) is 4. The Morgan fingerprint density at radius 1 is 1.11 bits per heavy atom. The largest absolute Gasteiger partial charge is 0.486 e. The minimum atomic E-state index is -0.134. The van der Waals surface area contributed by atoms with Crippen molar-refractivity contribution in [1.29, 1.82) is 0 Å². The maximum Gasteiger partial charge on any atom is 0.162 e. The third-order valence-corrected chi connectivity index (χ3v) is 4.32. The molecule has 0 spiro atoms. The summed E-state index contributed by atoms with van der Waals surface area (Å²) < 4.78 is 17.9. The van der Waals surface area contributed by atoms with Crippen LogP contribution in [0.15, 0.2) is 16.6 Å². The van der Waals surface area contributed by atoms with Gasteiger partial charge in [0.1, 0.15) is 13.2 Å². The van der Waals surface area contributed by atoms with Crippen molar-refractivity contribution in [3.63, 3.8) is 0 Å². The normalized spacial score (nSPS) is 24.0. The van der Waals surface area contributed by atoms with Gasteiger partial charge < -0.3 is 19.9 Å². The molecule has 2 N–H and O–H groups in total. The van der Waals surface area contributed by atoms with Gasteiger partial charge in [-0.3, -0.25) is 0 Å². The molecule has 104 valence electrons. The van der Waals surface area contributed by atoms with Gasteiger partial charge in [0.05, 0.1) is 12.1 Å². The van der Waals surface area contributed by atoms with Crippen LogP contribution in [0.5, 0.6) is 11.5 Å². The monoisotopic (exact) mass is 327 g/mol. The van der Waals surface area contributed by atoms with E-state index in [1.54, 1.807) is 0 Å². The second-order valence-electron chi connectivity index (χ2n) is 4.95. The van der Waals surface area contributed by atoms with Crippen molar-refractivity contribution in [3.05, 3.63) is 22.2 Å². The number of nitrogens with two attached hydrogens (primary N) is 1. The molecule has 0 aliphatic carbocycles. The molecule has 0 saturated carbocycles. The first-order valence-corrected chi connectivity index (χ1v) is 7.51. The number of halogens is 1. The van der Waals surface area contributed by atoms with Crippen molar-refractivity contribution in [3.8, 4) is 11.5 Å². The minimum Gasteiger partial charge on any atom is -0.486 e. The van der Waals surface area contributed by atoms with E-state index in [0.717, 1.165) is 41.0 Å². The van der Waals surface area contributed by atoms with Crippen molar-refractivity contribution >= 4 is 15.9 Å². The molecular weight excluding hydrogens is 310 g/mol. The van der Waals surface area contributed by atoms with Gasteiger partial charge in [0.2, 0.25) is 0 Å². The van der Waals surface area contributed by atoms with Crippen molar-refractivity contribution in [1.82, 2.24) is 0 Å². The van der Waals surface area contributed by atoms with E-state index in [0.29, 0.717) is 13.2 Å². The topological polar surface area (TPSA) is 53.7 Å². The van der Waals surface area contributed by atoms with Gasteiger partial charge in [-0.1, -0.05) is 15.9 Å². The lowest BCUT2D eigenvalue weighted by molar-refractivity contribution is -0.000196. The summed E-state index contributed by atoms with van der Waals surface area (Å²) in [6, 6.07) is 3.78. The quantitative estimate of drug-likeness (QED) is 0.907. The third kappa shape index (κ3) is 2.73. The molecule has 5 heteroatoms. The zero-order valence-electron chi connectivity index (χ0n) is 10.7. The van der Waals surface area contributed by atoms with Crippen molar-refractivity contribution in [2.45, 2.75) is 31.4 Å². The van der Waals surface area contributed by atoms with Crippen LogP contribution in [-0.2, 0) is 4.74 Å². The van der Waals surface area contributed by atoms with E-state index in [9.17, 15) is 0 Å². The molecule has 2 heterocycles. The highest BCUT2D eigenvalue weighted by molar-refractivity contribution is 9.10. The maximum absolute atomic E-state index is 6.35. The fourth-order valence-electron chi connectivity index (χ4n) is 2.58. The molecule has 0 bridgehead atoms. The first-order valence-electron chi connectivity index (χ1n) is 6.72. The lowest BCUT2D eigenvalue weighted by Crippen LogP contribution is -2.32. The summed E-state index contributed by atoms with van der Waals surface area (Å²) in [4.78, 5) is 0. The number of rotatable bonds is 2. The molecule has 1 aromatic rings. The first-order chi connectivity index (χ1) is 9.25. The third-order valence-electron chi connectivity index (χ3n) is 3.64. The maximum atomic E-state index is 6.35. The van der Waals surface area contributed by atoms with E-state index < -0.39 is 0 Å². The van der Waals surface area contributed by atoms with Crippen LogP contribution in [0.3, 0.4) is 0 Å². The van der Waals surface area contributed by atoms with Crippen LogP contribution in [0.2, 0.25) is 0 Å². The van der Waals surface area contributed by atoms with Crippen molar-refractivity contribution in [2.24, 2.45) is 5.73 Å². The summed E-state index contributed by atoms with van der Waals surface area (Å²) in [5, 5.41) is 0. The number of benzene rings is 1. The Morgan fingerprint density at radius 3 is 2.53 bits per heavy atom. The summed E-state index contributed by atoms with van der Waals surface area (Å²) >= 11 is 3.57. The van der Waals surface area contributed by atoms with Gasteiger partial charge in [0, 0.05) is 11.1 Å². The number of ether oxygens (including phenoxy) is 3. The van der Waals surface area contributed by atoms with Crippen molar-refractivity contribution < 1.29 is 14.2 Å². The molecule has 0 radical (unpaired) electrons. The zero-order valence-corrected chi connectivity index (χ0v) is 12.3. The SMILES string of the molecule is NC(c1cc2c(cc1Br)OCCO2)C1CCCCO1. The highest BCUT2D eigenvalue weighted by Crippen LogP contribution is 2.39. The highest BCUT2D eigenvalue weighted by atomic mass is 79.9. The van der Waals surface area contributed by atoms with E-state index in [1.165, 1.54) is 6.42 Å². The van der Waals surface area contributed by atoms with Gasteiger partial charge in [0.15, 0.2) is 11.5 Å². The molecule has 2 aliphatic heterocycles. The Balaban J connectivity index is 1.86. The van der Waals surface area contributed by atoms with E-state index in [-0.39, 0.29) is 12.1 Å². The van der Waals surface area contributed by atoms with Crippen LogP contribution >= 0.6 is 15.9 Å². The van der Waals surface area contributed by atoms with Crippen LogP contribution < -0.4 is 15.2 Å². The summed E-state index contributed by atoms with van der Waals surface area (Å²) in [5.41, 5.74) is 7.38. The fraction of sp³-hybridized carbons (Fsp3) is 0.571. The predicted molar refractivity (Wildman–Crippen MR) is 75.7 cm³/mol. The standard InChI is InChI=1S/C14H18BrNO3/c15-10-8-13-12(18-5-6-19-13)7-9(10)14(16)11-3-1-2-4-17-11/h7-8,11,14H,1-6,16H2. The Bertz CT molecular complexity index is 460. The summed E-state index contributed by atoms with van der Waals surface area (Å²) in [7, 11) is 0. The Labute approximate surface area is 121 Å². The number of hydrogen-bond donors (Lipinski definition) is 1. The summed E-state index contributed by atoms with van der Waals surface area (Å²) in [6.45, 7) is 1.99. The van der Waals surface area contributed by atoms with Crippen LogP contribution in [0.25, 0.3) is 0 Å². The average Bonchev–Trinajstić information content (AvgIpc) is 2.47. The van der Waals surface area contributed by atoms with Gasteiger partial charge in [0.25, 0.3) is 0 Å². The number of fused-ring (bicyclic) bond motifs is 1. The molecule has 1 saturated heterocycles. The van der Waals surface area contributed by atoms with Crippen molar-refractivity contribution in [2.75, 3.05) is 19.8 Å². The van der Waals surface area contributed by atoms with E-state index in [2.05, 4.69) is 15.9 Å². The van der Waals surface area contributed by atoms with Gasteiger partial charge in [-0.05, 0) is 37.0 Å². The molecule has 1 fully saturated rings. The molecule has 4 nitrogen and oxygen atoms in total. The average molecular weight is 328 g/mol. The fourth-order valence-corrected chi connectivity index (χ4v) is 3.17. The second-order valence-corrected chi connectivity index (χ2v) is 5.80. The predicted octanol–water partition coefficient (Wildman–Crippen LogP) is 2.79. The summed E-state index contributed by atoms with van der Waals surface area (Å²) in [5.74, 6) is 1.55. The van der Waals surface area contributed by atoms with Crippen LogP contribution in [0.4, 0.5) is 0 Å². The smallest absolute Gasteiger partial charge is 0.162 e. The molecule has 2 atom stereocenters. The van der Waals surface area contributed by atoms with Gasteiger partial charge in [-0.2, -0.15) is 0 Å². The second kappa shape index (κ2) is 5.69. The molecule has 2 aliphatic rings. The van der Waals surface area contributed by atoms with Crippen LogP contribution in [-0.4, -0.2) is 25.9 Å². The summed E-state index contributed by atoms with van der Waals surface area (Å²) in [6.07, 6.45) is 3.42. The van der Waals surface area contributed by atoms with Gasteiger partial charge in [-0.15, -0.1) is 0 Å². The first kappa shape index (κ1) is 13.2. The van der Waals surface area contributed by atoms with E-state index in [4.69, 9.17) is 19.9 Å². The lowest BCUT2D eigenvalue weighted by atomic mass is 9.96. The molecule has 3 rings (SSSR count). The molecule has 0 aromatic heterocycles. The molecule has 1 aromatic carbocycles. The molecule has 2 unspecified atom stereocenters. The molecular formula is C14H18BrNO3. The lowest BCUT2D eigenvalue weighted by Gasteiger charge is -2.29. The zero-order chi connectivity index (χ0) is 13.2. The Kier molecular flexibility index (Phi) is 3.96. The van der Waals surface area contributed by atoms with Crippen LogP contribution in [0, 0.1) is 0 Å².